The maximum absolute atomic E-state index is 13.1. The number of aryl methyl sites for hydroxylation is 1. The molecule has 0 aromatic heterocycles. The van der Waals surface area contributed by atoms with Gasteiger partial charge in [0.25, 0.3) is 0 Å². The maximum Gasteiger partial charge on any atom is 0.198 e. The molecule has 4 heteroatoms. The number of hydrogen-bond acceptors (Lipinski definition) is 4. The molecule has 2 N–H and O–H groups in total. The first-order chi connectivity index (χ1) is 12.3. The van der Waals surface area contributed by atoms with Crippen molar-refractivity contribution in [3.8, 4) is 11.5 Å². The first kappa shape index (κ1) is 18.1. The monoisotopic (exact) mass is 351 g/mol. The summed E-state index contributed by atoms with van der Waals surface area (Å²) >= 11 is 0. The second-order valence-electron chi connectivity index (χ2n) is 7.56. The number of phenolic OH excluding ortho intramolecular Hbond substituents is 1. The summed E-state index contributed by atoms with van der Waals surface area (Å²) in [6.45, 7) is 8.10. The van der Waals surface area contributed by atoms with E-state index in [9.17, 15) is 9.90 Å². The fourth-order valence-corrected chi connectivity index (χ4v) is 2.96. The van der Waals surface area contributed by atoms with E-state index in [-0.39, 0.29) is 17.1 Å². The quantitative estimate of drug-likeness (QED) is 0.797. The molecule has 0 saturated heterocycles. The molecular formula is C22H25NO3. The Morgan fingerprint density at radius 1 is 1.19 bits per heavy atom. The molecule has 0 spiro atoms. The summed E-state index contributed by atoms with van der Waals surface area (Å²) in [4.78, 5) is 13.1. The van der Waals surface area contributed by atoms with Crippen LogP contribution in [0.1, 0.15) is 55.3 Å². The lowest BCUT2D eigenvalue weighted by Gasteiger charge is -2.29. The van der Waals surface area contributed by atoms with Gasteiger partial charge in [-0.1, -0.05) is 25.1 Å². The van der Waals surface area contributed by atoms with Crippen LogP contribution in [-0.2, 0) is 6.42 Å². The van der Waals surface area contributed by atoms with Crippen LogP contribution in [0.25, 0.3) is 0 Å². The molecular weight excluding hydrogens is 326 g/mol. The SMILES string of the molecule is CCc1cc(C2Oc3ccccc3C(=O)/C2=C\NC(C)(C)C)ccc1O. The molecule has 1 aliphatic heterocycles. The highest BCUT2D eigenvalue weighted by atomic mass is 16.5. The van der Waals surface area contributed by atoms with Crippen molar-refractivity contribution in [1.82, 2.24) is 5.32 Å². The number of nitrogens with one attached hydrogen (secondary N) is 1. The van der Waals surface area contributed by atoms with Crippen molar-refractivity contribution in [3.05, 3.63) is 70.9 Å². The molecule has 0 aliphatic carbocycles. The Labute approximate surface area is 154 Å². The number of ketones is 1. The minimum Gasteiger partial charge on any atom is -0.508 e. The van der Waals surface area contributed by atoms with Gasteiger partial charge in [0.15, 0.2) is 11.9 Å². The Balaban J connectivity index is 2.09. The largest absolute Gasteiger partial charge is 0.508 e. The van der Waals surface area contributed by atoms with Gasteiger partial charge in [-0.25, -0.2) is 0 Å². The molecule has 0 bridgehead atoms. The van der Waals surface area contributed by atoms with Gasteiger partial charge in [-0.05, 0) is 62.6 Å². The van der Waals surface area contributed by atoms with Crippen LogP contribution in [0.3, 0.4) is 0 Å². The summed E-state index contributed by atoms with van der Waals surface area (Å²) in [5.41, 5.74) is 2.65. The van der Waals surface area contributed by atoms with E-state index in [1.165, 1.54) is 0 Å². The van der Waals surface area contributed by atoms with E-state index >= 15 is 0 Å². The third-order valence-electron chi connectivity index (χ3n) is 4.37. The van der Waals surface area contributed by atoms with Crippen molar-refractivity contribution in [3.63, 3.8) is 0 Å². The Bertz CT molecular complexity index is 862. The molecule has 0 radical (unpaired) electrons. The number of fused-ring (bicyclic) bond motifs is 1. The molecule has 1 atom stereocenters. The molecule has 2 aromatic rings. The Morgan fingerprint density at radius 3 is 2.62 bits per heavy atom. The van der Waals surface area contributed by atoms with Crippen molar-refractivity contribution in [2.24, 2.45) is 0 Å². The molecule has 26 heavy (non-hydrogen) atoms. The third-order valence-corrected chi connectivity index (χ3v) is 4.37. The zero-order valence-corrected chi connectivity index (χ0v) is 15.7. The number of hydrogen-bond donors (Lipinski definition) is 2. The standard InChI is InChI=1S/C22H25NO3/c1-5-14-12-15(10-11-18(14)24)21-17(13-23-22(2,3)4)20(25)16-8-6-7-9-19(16)26-21/h6-13,21,23-24H,5H2,1-4H3/b17-13+. The lowest BCUT2D eigenvalue weighted by Crippen LogP contribution is -2.34. The molecule has 136 valence electrons. The summed E-state index contributed by atoms with van der Waals surface area (Å²) in [5, 5.41) is 13.3. The molecule has 0 saturated carbocycles. The number of para-hydroxylation sites is 1. The van der Waals surface area contributed by atoms with Crippen molar-refractivity contribution < 1.29 is 14.6 Å². The topological polar surface area (TPSA) is 58.6 Å². The van der Waals surface area contributed by atoms with Crippen molar-refractivity contribution >= 4 is 5.78 Å². The Morgan fingerprint density at radius 2 is 1.92 bits per heavy atom. The average Bonchev–Trinajstić information content (AvgIpc) is 2.60. The van der Waals surface area contributed by atoms with Crippen molar-refractivity contribution in [1.29, 1.82) is 0 Å². The number of rotatable bonds is 3. The van der Waals surface area contributed by atoms with E-state index in [1.807, 2.05) is 58.0 Å². The summed E-state index contributed by atoms with van der Waals surface area (Å²) in [7, 11) is 0. The zero-order chi connectivity index (χ0) is 18.9. The predicted octanol–water partition coefficient (Wildman–Crippen LogP) is 4.54. The highest BCUT2D eigenvalue weighted by molar-refractivity contribution is 6.12. The van der Waals surface area contributed by atoms with E-state index in [4.69, 9.17) is 4.74 Å². The Kier molecular flexibility index (Phi) is 4.77. The zero-order valence-electron chi connectivity index (χ0n) is 15.7. The fraction of sp³-hybridized carbons (Fsp3) is 0.318. The highest BCUT2D eigenvalue weighted by Gasteiger charge is 2.33. The number of phenols is 1. The van der Waals surface area contributed by atoms with Crippen LogP contribution in [0.15, 0.2) is 54.2 Å². The molecule has 1 heterocycles. The smallest absolute Gasteiger partial charge is 0.198 e. The van der Waals surface area contributed by atoms with E-state index < -0.39 is 6.10 Å². The average molecular weight is 351 g/mol. The molecule has 0 fully saturated rings. The van der Waals surface area contributed by atoms with Crippen LogP contribution in [0.5, 0.6) is 11.5 Å². The van der Waals surface area contributed by atoms with Gasteiger partial charge in [0.1, 0.15) is 11.5 Å². The lowest BCUT2D eigenvalue weighted by molar-refractivity contribution is 0.0959. The molecule has 2 aromatic carbocycles. The summed E-state index contributed by atoms with van der Waals surface area (Å²) in [5.74, 6) is 0.804. The van der Waals surface area contributed by atoms with Crippen LogP contribution in [-0.4, -0.2) is 16.4 Å². The van der Waals surface area contributed by atoms with Gasteiger partial charge < -0.3 is 15.2 Å². The molecule has 0 amide bonds. The Hall–Kier alpha value is -2.75. The van der Waals surface area contributed by atoms with Gasteiger partial charge in [-0.3, -0.25) is 4.79 Å². The number of benzene rings is 2. The molecule has 1 unspecified atom stereocenters. The van der Waals surface area contributed by atoms with Gasteiger partial charge in [0, 0.05) is 11.7 Å². The van der Waals surface area contributed by atoms with Crippen molar-refractivity contribution in [2.75, 3.05) is 0 Å². The molecule has 3 rings (SSSR count). The normalized spacial score (nSPS) is 18.4. The minimum absolute atomic E-state index is 0.0419. The number of ether oxygens (including phenoxy) is 1. The predicted molar refractivity (Wildman–Crippen MR) is 103 cm³/mol. The minimum atomic E-state index is -0.516. The van der Waals surface area contributed by atoms with Gasteiger partial charge in [-0.15, -0.1) is 0 Å². The maximum atomic E-state index is 13.1. The van der Waals surface area contributed by atoms with Gasteiger partial charge in [-0.2, -0.15) is 0 Å². The van der Waals surface area contributed by atoms with Crippen LogP contribution < -0.4 is 10.1 Å². The fourth-order valence-electron chi connectivity index (χ4n) is 2.96. The summed E-state index contributed by atoms with van der Waals surface area (Å²) in [6.07, 6.45) is 1.95. The van der Waals surface area contributed by atoms with E-state index in [0.29, 0.717) is 23.3 Å². The third kappa shape index (κ3) is 3.59. The van der Waals surface area contributed by atoms with Gasteiger partial charge in [0.2, 0.25) is 0 Å². The number of carbonyl (C=O) groups is 1. The first-order valence-corrected chi connectivity index (χ1v) is 8.90. The highest BCUT2D eigenvalue weighted by Crippen LogP contribution is 2.39. The van der Waals surface area contributed by atoms with E-state index in [2.05, 4.69) is 5.32 Å². The van der Waals surface area contributed by atoms with Crippen LogP contribution in [0, 0.1) is 0 Å². The number of aromatic hydroxyl groups is 1. The lowest BCUT2D eigenvalue weighted by atomic mass is 9.90. The van der Waals surface area contributed by atoms with Gasteiger partial charge in [0.05, 0.1) is 11.1 Å². The number of carbonyl (C=O) groups excluding carboxylic acids is 1. The second kappa shape index (κ2) is 6.87. The first-order valence-electron chi connectivity index (χ1n) is 8.90. The van der Waals surface area contributed by atoms with E-state index in [0.717, 1.165) is 11.1 Å². The number of Topliss-reactive ketones (excluding diaryl/α,β-unsaturated/α-hetero) is 1. The van der Waals surface area contributed by atoms with E-state index in [1.54, 1.807) is 18.3 Å². The second-order valence-corrected chi connectivity index (χ2v) is 7.56. The van der Waals surface area contributed by atoms with Gasteiger partial charge >= 0.3 is 0 Å². The van der Waals surface area contributed by atoms with Crippen LogP contribution in [0.2, 0.25) is 0 Å². The summed E-state index contributed by atoms with van der Waals surface area (Å²) in [6, 6.07) is 12.7. The van der Waals surface area contributed by atoms with Crippen LogP contribution in [0.4, 0.5) is 0 Å². The molecule has 1 aliphatic rings. The van der Waals surface area contributed by atoms with Crippen molar-refractivity contribution in [2.45, 2.75) is 45.8 Å². The van der Waals surface area contributed by atoms with Crippen LogP contribution >= 0.6 is 0 Å². The molecule has 4 nitrogen and oxygen atoms in total. The summed E-state index contributed by atoms with van der Waals surface area (Å²) < 4.78 is 6.19.